The highest BCUT2D eigenvalue weighted by molar-refractivity contribution is 5.88. The van der Waals surface area contributed by atoms with Gasteiger partial charge in [-0.1, -0.05) is 13.8 Å². The molecule has 0 aromatic carbocycles. The summed E-state index contributed by atoms with van der Waals surface area (Å²) in [6.45, 7) is 3.47. The third-order valence-electron chi connectivity index (χ3n) is 2.76. The van der Waals surface area contributed by atoms with E-state index in [0.717, 1.165) is 12.8 Å². The molecule has 5 heteroatoms. The van der Waals surface area contributed by atoms with E-state index in [1.54, 1.807) is 0 Å². The Bertz CT molecular complexity index is 274. The van der Waals surface area contributed by atoms with E-state index in [-0.39, 0.29) is 17.7 Å². The van der Waals surface area contributed by atoms with Gasteiger partial charge in [-0.25, -0.2) is 0 Å². The number of hydrogen-bond acceptors (Lipinski definition) is 3. The largest absolute Gasteiger partial charge is 0.376 e. The van der Waals surface area contributed by atoms with Crippen LogP contribution in [0.15, 0.2) is 0 Å². The van der Waals surface area contributed by atoms with Gasteiger partial charge in [-0.05, 0) is 25.2 Å². The van der Waals surface area contributed by atoms with Gasteiger partial charge >= 0.3 is 0 Å². The topological polar surface area (TPSA) is 83.6 Å². The van der Waals surface area contributed by atoms with Gasteiger partial charge in [0.2, 0.25) is 11.8 Å². The first-order valence-electron chi connectivity index (χ1n) is 5.68. The van der Waals surface area contributed by atoms with Crippen LogP contribution in [0.1, 0.15) is 33.1 Å². The van der Waals surface area contributed by atoms with Crippen molar-refractivity contribution in [3.05, 3.63) is 0 Å². The Morgan fingerprint density at radius 3 is 2.31 bits per heavy atom. The van der Waals surface area contributed by atoms with Crippen LogP contribution in [-0.2, 0) is 9.59 Å². The fourth-order valence-electron chi connectivity index (χ4n) is 1.73. The predicted molar refractivity (Wildman–Crippen MR) is 59.1 cm³/mol. The molecule has 0 unspecified atom stereocenters. The van der Waals surface area contributed by atoms with E-state index < -0.39 is 18.7 Å². The standard InChI is InChI=1S/C11H20N2O3/c1-7(2)5-9(10(12)15)13(6-14)11(16)8-3-4-8/h7-9,14H,3-6H2,1-2H3,(H2,12,15)/t9-/m0/s1. The van der Waals surface area contributed by atoms with Gasteiger partial charge in [-0.2, -0.15) is 0 Å². The molecule has 0 aliphatic heterocycles. The van der Waals surface area contributed by atoms with Crippen molar-refractivity contribution in [3.8, 4) is 0 Å². The van der Waals surface area contributed by atoms with Gasteiger partial charge in [0.05, 0.1) is 0 Å². The van der Waals surface area contributed by atoms with Crippen LogP contribution in [0.4, 0.5) is 0 Å². The third kappa shape index (κ3) is 3.20. The number of aliphatic hydroxyl groups excluding tert-OH is 1. The second-order valence-electron chi connectivity index (χ2n) is 4.77. The maximum atomic E-state index is 11.8. The molecular formula is C11H20N2O3. The van der Waals surface area contributed by atoms with Crippen LogP contribution in [0, 0.1) is 11.8 Å². The van der Waals surface area contributed by atoms with Crippen molar-refractivity contribution in [3.63, 3.8) is 0 Å². The summed E-state index contributed by atoms with van der Waals surface area (Å²) < 4.78 is 0. The maximum absolute atomic E-state index is 11.8. The highest BCUT2D eigenvalue weighted by Gasteiger charge is 2.37. The van der Waals surface area contributed by atoms with Gasteiger partial charge < -0.3 is 15.7 Å². The number of primary amides is 1. The van der Waals surface area contributed by atoms with Crippen molar-refractivity contribution < 1.29 is 14.7 Å². The molecule has 0 aromatic heterocycles. The van der Waals surface area contributed by atoms with Crippen LogP contribution in [0.5, 0.6) is 0 Å². The van der Waals surface area contributed by atoms with Crippen LogP contribution in [0.2, 0.25) is 0 Å². The average molecular weight is 228 g/mol. The number of hydrogen-bond donors (Lipinski definition) is 2. The fourth-order valence-corrected chi connectivity index (χ4v) is 1.73. The Morgan fingerprint density at radius 2 is 2.00 bits per heavy atom. The number of amides is 2. The van der Waals surface area contributed by atoms with Crippen LogP contribution in [0.25, 0.3) is 0 Å². The van der Waals surface area contributed by atoms with Gasteiger partial charge in [-0.3, -0.25) is 9.59 Å². The molecular weight excluding hydrogens is 208 g/mol. The van der Waals surface area contributed by atoms with E-state index in [1.165, 1.54) is 4.90 Å². The lowest BCUT2D eigenvalue weighted by atomic mass is 10.0. The van der Waals surface area contributed by atoms with Crippen LogP contribution in [-0.4, -0.2) is 34.6 Å². The number of carbonyl (C=O) groups is 2. The van der Waals surface area contributed by atoms with E-state index in [2.05, 4.69) is 0 Å². The smallest absolute Gasteiger partial charge is 0.240 e. The molecule has 0 saturated heterocycles. The summed E-state index contributed by atoms with van der Waals surface area (Å²) in [5, 5.41) is 9.20. The van der Waals surface area contributed by atoms with Crippen LogP contribution in [0.3, 0.4) is 0 Å². The van der Waals surface area contributed by atoms with Crippen molar-refractivity contribution in [2.24, 2.45) is 17.6 Å². The zero-order valence-electron chi connectivity index (χ0n) is 9.85. The molecule has 1 aliphatic rings. The Labute approximate surface area is 95.6 Å². The Hall–Kier alpha value is -1.10. The minimum Gasteiger partial charge on any atom is -0.376 e. The molecule has 1 fully saturated rings. The maximum Gasteiger partial charge on any atom is 0.240 e. The zero-order valence-corrected chi connectivity index (χ0v) is 9.85. The number of nitrogens with two attached hydrogens (primary N) is 1. The molecule has 1 rings (SSSR count). The van der Waals surface area contributed by atoms with E-state index >= 15 is 0 Å². The average Bonchev–Trinajstić information content (AvgIpc) is 2.99. The lowest BCUT2D eigenvalue weighted by molar-refractivity contribution is -0.145. The fraction of sp³-hybridized carbons (Fsp3) is 0.818. The van der Waals surface area contributed by atoms with E-state index in [9.17, 15) is 14.7 Å². The lowest BCUT2D eigenvalue weighted by Crippen LogP contribution is -2.49. The molecule has 0 aromatic rings. The first-order valence-corrected chi connectivity index (χ1v) is 5.68. The highest BCUT2D eigenvalue weighted by Crippen LogP contribution is 2.32. The summed E-state index contributed by atoms with van der Waals surface area (Å²) in [6, 6.07) is -0.682. The van der Waals surface area contributed by atoms with E-state index in [4.69, 9.17) is 5.73 Å². The summed E-state index contributed by atoms with van der Waals surface area (Å²) in [5.74, 6) is -0.455. The molecule has 1 saturated carbocycles. The summed E-state index contributed by atoms with van der Waals surface area (Å²) in [7, 11) is 0. The molecule has 0 radical (unpaired) electrons. The van der Waals surface area contributed by atoms with Crippen LogP contribution < -0.4 is 5.73 Å². The van der Waals surface area contributed by atoms with Gasteiger partial charge in [0.1, 0.15) is 12.8 Å². The normalized spacial score (nSPS) is 17.2. The summed E-state index contributed by atoms with van der Waals surface area (Å²) >= 11 is 0. The second kappa shape index (κ2) is 5.30. The molecule has 16 heavy (non-hydrogen) atoms. The number of nitrogens with zero attached hydrogens (tertiary/aromatic N) is 1. The highest BCUT2D eigenvalue weighted by atomic mass is 16.3. The monoisotopic (exact) mass is 228 g/mol. The zero-order chi connectivity index (χ0) is 12.3. The molecule has 1 aliphatic carbocycles. The van der Waals surface area contributed by atoms with Gasteiger partial charge in [0.15, 0.2) is 0 Å². The third-order valence-corrected chi connectivity index (χ3v) is 2.76. The van der Waals surface area contributed by atoms with Crippen molar-refractivity contribution in [1.82, 2.24) is 4.90 Å². The Kier molecular flexibility index (Phi) is 4.29. The SMILES string of the molecule is CC(C)C[C@@H](C(N)=O)N(CO)C(=O)C1CC1. The number of aliphatic hydroxyl groups is 1. The molecule has 0 spiro atoms. The lowest BCUT2D eigenvalue weighted by Gasteiger charge is -2.29. The van der Waals surface area contributed by atoms with Crippen LogP contribution >= 0.6 is 0 Å². The minimum atomic E-state index is -0.682. The molecule has 92 valence electrons. The second-order valence-corrected chi connectivity index (χ2v) is 4.77. The van der Waals surface area contributed by atoms with E-state index in [1.807, 2.05) is 13.8 Å². The number of rotatable bonds is 6. The van der Waals surface area contributed by atoms with Gasteiger partial charge in [0.25, 0.3) is 0 Å². The van der Waals surface area contributed by atoms with E-state index in [0.29, 0.717) is 6.42 Å². The van der Waals surface area contributed by atoms with Crippen molar-refractivity contribution in [2.45, 2.75) is 39.2 Å². The molecule has 0 bridgehead atoms. The minimum absolute atomic E-state index is 0.0128. The summed E-state index contributed by atoms with van der Waals surface area (Å²) in [5.41, 5.74) is 5.28. The Morgan fingerprint density at radius 1 is 1.44 bits per heavy atom. The predicted octanol–water partition coefficient (Wildman–Crippen LogP) is 0.0748. The molecule has 3 N–H and O–H groups in total. The van der Waals surface area contributed by atoms with Crippen molar-refractivity contribution in [2.75, 3.05) is 6.73 Å². The quantitative estimate of drug-likeness (QED) is 0.631. The van der Waals surface area contributed by atoms with Crippen molar-refractivity contribution in [1.29, 1.82) is 0 Å². The molecule has 1 atom stereocenters. The van der Waals surface area contributed by atoms with Crippen molar-refractivity contribution >= 4 is 11.8 Å². The van der Waals surface area contributed by atoms with Gasteiger partial charge in [-0.15, -0.1) is 0 Å². The Balaban J connectivity index is 2.71. The molecule has 2 amide bonds. The molecule has 5 nitrogen and oxygen atoms in total. The summed E-state index contributed by atoms with van der Waals surface area (Å²) in [6.07, 6.45) is 2.19. The first-order chi connectivity index (χ1) is 7.47. The first kappa shape index (κ1) is 13.0. The van der Waals surface area contributed by atoms with Gasteiger partial charge in [0, 0.05) is 5.92 Å². The number of carbonyl (C=O) groups excluding carboxylic acids is 2. The summed E-state index contributed by atoms with van der Waals surface area (Å²) in [4.78, 5) is 24.3. The molecule has 0 heterocycles.